The lowest BCUT2D eigenvalue weighted by molar-refractivity contribution is -0.136. The molecular weight excluding hydrogens is 312 g/mol. The zero-order valence-electron chi connectivity index (χ0n) is 11.2. The first kappa shape index (κ1) is 15.5. The summed E-state index contributed by atoms with van der Waals surface area (Å²) in [7, 11) is 0. The molecule has 0 unspecified atom stereocenters. The van der Waals surface area contributed by atoms with Gasteiger partial charge in [0, 0.05) is 16.1 Å². The van der Waals surface area contributed by atoms with Gasteiger partial charge in [0.05, 0.1) is 18.0 Å². The predicted molar refractivity (Wildman–Crippen MR) is 82.0 cm³/mol. The minimum atomic E-state index is -0.940. The van der Waals surface area contributed by atoms with E-state index in [1.165, 1.54) is 11.3 Å². The summed E-state index contributed by atoms with van der Waals surface area (Å²) < 4.78 is 0. The summed E-state index contributed by atoms with van der Waals surface area (Å²) >= 11 is 7.07. The van der Waals surface area contributed by atoms with Crippen LogP contribution in [0.1, 0.15) is 23.5 Å². The Bertz CT molecular complexity index is 654. The average Bonchev–Trinajstić information content (AvgIpc) is 2.88. The average molecular weight is 325 g/mol. The summed E-state index contributed by atoms with van der Waals surface area (Å²) in [6, 6.07) is 6.81. The molecule has 5 nitrogen and oxygen atoms in total. The smallest absolute Gasteiger partial charge is 0.309 e. The number of carbonyl (C=O) groups excluding carboxylic acids is 1. The number of benzene rings is 1. The first-order valence-electron chi connectivity index (χ1n) is 6.18. The van der Waals surface area contributed by atoms with Gasteiger partial charge in [-0.25, -0.2) is 4.98 Å². The van der Waals surface area contributed by atoms with Crippen molar-refractivity contribution >= 4 is 40.5 Å². The number of carboxylic acid groups (broad SMARTS) is 1. The van der Waals surface area contributed by atoms with Crippen LogP contribution in [-0.4, -0.2) is 22.0 Å². The van der Waals surface area contributed by atoms with E-state index in [1.807, 2.05) is 0 Å². The van der Waals surface area contributed by atoms with Gasteiger partial charge in [-0.2, -0.15) is 0 Å². The number of halogens is 1. The number of hydrogen-bond donors (Lipinski definition) is 2. The van der Waals surface area contributed by atoms with Crippen LogP contribution in [0.15, 0.2) is 29.6 Å². The molecule has 0 aliphatic rings. The van der Waals surface area contributed by atoms with Crippen LogP contribution in [0.2, 0.25) is 5.02 Å². The number of aromatic nitrogens is 1. The molecular formula is C14H13ClN2O3S. The van der Waals surface area contributed by atoms with Gasteiger partial charge < -0.3 is 10.4 Å². The zero-order chi connectivity index (χ0) is 15.4. The number of amides is 1. The van der Waals surface area contributed by atoms with Gasteiger partial charge in [-0.3, -0.25) is 9.59 Å². The van der Waals surface area contributed by atoms with Crippen molar-refractivity contribution in [3.05, 3.63) is 45.4 Å². The summed E-state index contributed by atoms with van der Waals surface area (Å²) in [5, 5.41) is 14.3. The molecule has 0 spiro atoms. The molecule has 0 radical (unpaired) electrons. The summed E-state index contributed by atoms with van der Waals surface area (Å²) in [5.74, 6) is -1.59. The van der Waals surface area contributed by atoms with Crippen LogP contribution in [0.25, 0.3) is 0 Å². The summed E-state index contributed by atoms with van der Waals surface area (Å²) in [4.78, 5) is 26.9. The normalized spacial score (nSPS) is 11.9. The van der Waals surface area contributed by atoms with Crippen molar-refractivity contribution in [2.24, 2.45) is 0 Å². The van der Waals surface area contributed by atoms with E-state index in [-0.39, 0.29) is 12.3 Å². The first-order chi connectivity index (χ1) is 9.95. The number of nitrogens with zero attached hydrogens (tertiary/aromatic N) is 1. The molecule has 110 valence electrons. The Balaban J connectivity index is 2.03. The van der Waals surface area contributed by atoms with E-state index in [9.17, 15) is 9.59 Å². The second-order valence-corrected chi connectivity index (χ2v) is 5.79. The van der Waals surface area contributed by atoms with Crippen LogP contribution in [0.3, 0.4) is 0 Å². The van der Waals surface area contributed by atoms with Gasteiger partial charge in [0.2, 0.25) is 5.91 Å². The monoisotopic (exact) mass is 324 g/mol. The van der Waals surface area contributed by atoms with E-state index < -0.39 is 11.9 Å². The van der Waals surface area contributed by atoms with Crippen LogP contribution in [0, 0.1) is 0 Å². The number of aliphatic carboxylic acids is 1. The standard InChI is InChI=1S/C14H13ClN2O3S/c1-8(14-17-11(7-21-14)6-12(18)19)13(20)16-10-4-2-9(15)3-5-10/h2-5,7-8H,6H2,1H3,(H,16,20)(H,18,19)/t8-/m1/s1. The number of hydrogen-bond acceptors (Lipinski definition) is 4. The predicted octanol–water partition coefficient (Wildman–Crippen LogP) is 3.17. The molecule has 2 aromatic rings. The highest BCUT2D eigenvalue weighted by Gasteiger charge is 2.19. The summed E-state index contributed by atoms with van der Waals surface area (Å²) in [5.41, 5.74) is 1.12. The van der Waals surface area contributed by atoms with E-state index in [0.717, 1.165) is 0 Å². The molecule has 21 heavy (non-hydrogen) atoms. The number of thiazole rings is 1. The highest BCUT2D eigenvalue weighted by Crippen LogP contribution is 2.22. The molecule has 1 amide bonds. The Morgan fingerprint density at radius 3 is 2.67 bits per heavy atom. The number of nitrogens with one attached hydrogen (secondary N) is 1. The zero-order valence-corrected chi connectivity index (χ0v) is 12.7. The van der Waals surface area contributed by atoms with E-state index in [2.05, 4.69) is 10.3 Å². The molecule has 0 saturated carbocycles. The molecule has 7 heteroatoms. The molecule has 1 heterocycles. The van der Waals surface area contributed by atoms with Crippen molar-refractivity contribution in [2.75, 3.05) is 5.32 Å². The van der Waals surface area contributed by atoms with Crippen LogP contribution in [0.4, 0.5) is 5.69 Å². The molecule has 0 fully saturated rings. The Labute approximate surface area is 130 Å². The fourth-order valence-electron chi connectivity index (χ4n) is 1.65. The summed E-state index contributed by atoms with van der Waals surface area (Å²) in [6.07, 6.45) is -0.137. The van der Waals surface area contributed by atoms with Gasteiger partial charge in [0.25, 0.3) is 0 Å². The second kappa shape index (κ2) is 6.69. The molecule has 2 rings (SSSR count). The highest BCUT2D eigenvalue weighted by atomic mass is 35.5. The van der Waals surface area contributed by atoms with Gasteiger partial charge >= 0.3 is 5.97 Å². The number of carboxylic acids is 1. The van der Waals surface area contributed by atoms with Gasteiger partial charge in [0.15, 0.2) is 0 Å². The minimum absolute atomic E-state index is 0.137. The Morgan fingerprint density at radius 1 is 1.38 bits per heavy atom. The fraction of sp³-hybridized carbons (Fsp3) is 0.214. The molecule has 2 N–H and O–H groups in total. The van der Waals surface area contributed by atoms with Gasteiger partial charge in [0.1, 0.15) is 5.01 Å². The van der Waals surface area contributed by atoms with Gasteiger partial charge in [-0.05, 0) is 31.2 Å². The second-order valence-electron chi connectivity index (χ2n) is 4.47. The molecule has 1 atom stereocenters. The Morgan fingerprint density at radius 2 is 2.05 bits per heavy atom. The lowest BCUT2D eigenvalue weighted by Gasteiger charge is -2.09. The maximum absolute atomic E-state index is 12.1. The van der Waals surface area contributed by atoms with Crippen molar-refractivity contribution < 1.29 is 14.7 Å². The Hall–Kier alpha value is -1.92. The van der Waals surface area contributed by atoms with E-state index in [1.54, 1.807) is 36.6 Å². The molecule has 0 aliphatic carbocycles. The van der Waals surface area contributed by atoms with E-state index in [0.29, 0.717) is 21.4 Å². The third-order valence-corrected chi connectivity index (χ3v) is 4.11. The quantitative estimate of drug-likeness (QED) is 0.885. The van der Waals surface area contributed by atoms with Crippen LogP contribution < -0.4 is 5.32 Å². The van der Waals surface area contributed by atoms with Crippen LogP contribution in [0.5, 0.6) is 0 Å². The number of rotatable bonds is 5. The van der Waals surface area contributed by atoms with Crippen molar-refractivity contribution in [2.45, 2.75) is 19.3 Å². The van der Waals surface area contributed by atoms with Crippen molar-refractivity contribution in [3.8, 4) is 0 Å². The summed E-state index contributed by atoms with van der Waals surface area (Å²) in [6.45, 7) is 1.73. The maximum Gasteiger partial charge on any atom is 0.309 e. The lowest BCUT2D eigenvalue weighted by atomic mass is 10.1. The topological polar surface area (TPSA) is 79.3 Å². The number of anilines is 1. The third-order valence-electron chi connectivity index (χ3n) is 2.78. The minimum Gasteiger partial charge on any atom is -0.481 e. The molecule has 0 saturated heterocycles. The molecule has 1 aromatic heterocycles. The largest absolute Gasteiger partial charge is 0.481 e. The molecule has 0 bridgehead atoms. The van der Waals surface area contributed by atoms with Crippen LogP contribution >= 0.6 is 22.9 Å². The van der Waals surface area contributed by atoms with Crippen molar-refractivity contribution in [3.63, 3.8) is 0 Å². The van der Waals surface area contributed by atoms with Gasteiger partial charge in [-0.1, -0.05) is 11.6 Å². The SMILES string of the molecule is C[C@H](C(=O)Nc1ccc(Cl)cc1)c1nc(CC(=O)O)cs1. The molecule has 0 aliphatic heterocycles. The first-order valence-corrected chi connectivity index (χ1v) is 7.44. The third kappa shape index (κ3) is 4.27. The van der Waals surface area contributed by atoms with E-state index >= 15 is 0 Å². The highest BCUT2D eigenvalue weighted by molar-refractivity contribution is 7.09. The van der Waals surface area contributed by atoms with Crippen molar-refractivity contribution in [1.82, 2.24) is 4.98 Å². The Kier molecular flexibility index (Phi) is 4.93. The van der Waals surface area contributed by atoms with Crippen LogP contribution in [-0.2, 0) is 16.0 Å². The number of carbonyl (C=O) groups is 2. The maximum atomic E-state index is 12.1. The van der Waals surface area contributed by atoms with Gasteiger partial charge in [-0.15, -0.1) is 11.3 Å². The molecule has 1 aromatic carbocycles. The van der Waals surface area contributed by atoms with E-state index in [4.69, 9.17) is 16.7 Å². The fourth-order valence-corrected chi connectivity index (χ4v) is 2.65. The lowest BCUT2D eigenvalue weighted by Crippen LogP contribution is -2.18. The van der Waals surface area contributed by atoms with Crippen molar-refractivity contribution in [1.29, 1.82) is 0 Å².